The summed E-state index contributed by atoms with van der Waals surface area (Å²) < 4.78 is 10.5. The zero-order chi connectivity index (χ0) is 20.6. The van der Waals surface area contributed by atoms with E-state index in [0.717, 1.165) is 44.0 Å². The lowest BCUT2D eigenvalue weighted by atomic mass is 9.97. The van der Waals surface area contributed by atoms with Crippen LogP contribution in [-0.2, 0) is 16.1 Å². The summed E-state index contributed by atoms with van der Waals surface area (Å²) in [5.41, 5.74) is 0.835. The van der Waals surface area contributed by atoms with Crippen LogP contribution < -0.4 is 5.32 Å². The van der Waals surface area contributed by atoms with Crippen molar-refractivity contribution < 1.29 is 14.1 Å². The van der Waals surface area contributed by atoms with E-state index >= 15 is 0 Å². The van der Waals surface area contributed by atoms with Gasteiger partial charge in [0.05, 0.1) is 12.5 Å². The first-order chi connectivity index (χ1) is 14.1. The molecule has 0 atom stereocenters. The van der Waals surface area contributed by atoms with Crippen molar-refractivity contribution in [2.75, 3.05) is 26.2 Å². The van der Waals surface area contributed by atoms with E-state index in [-0.39, 0.29) is 18.4 Å². The topological polar surface area (TPSA) is 92.9 Å². The van der Waals surface area contributed by atoms with Crippen LogP contribution in [0.3, 0.4) is 0 Å². The lowest BCUT2D eigenvalue weighted by Gasteiger charge is -2.33. The molecule has 1 fully saturated rings. The number of aliphatic imine (C=N–C) groups is 1. The van der Waals surface area contributed by atoms with E-state index < -0.39 is 0 Å². The Morgan fingerprint density at radius 3 is 2.69 bits per heavy atom. The van der Waals surface area contributed by atoms with E-state index in [1.54, 1.807) is 12.1 Å². The van der Waals surface area contributed by atoms with Crippen molar-refractivity contribution >= 4 is 23.5 Å². The number of benzene rings is 1. The van der Waals surface area contributed by atoms with Gasteiger partial charge in [-0.2, -0.15) is 4.98 Å². The van der Waals surface area contributed by atoms with Crippen LogP contribution in [0.5, 0.6) is 0 Å². The van der Waals surface area contributed by atoms with Crippen LogP contribution in [0.4, 0.5) is 0 Å². The minimum absolute atomic E-state index is 0.0352. The number of piperidine rings is 1. The Kier molecular flexibility index (Phi) is 7.46. The molecule has 1 saturated heterocycles. The summed E-state index contributed by atoms with van der Waals surface area (Å²) in [7, 11) is 0. The monoisotopic (exact) mass is 419 g/mol. The number of esters is 1. The van der Waals surface area contributed by atoms with Gasteiger partial charge in [-0.25, -0.2) is 4.99 Å². The summed E-state index contributed by atoms with van der Waals surface area (Å²) in [5, 5.41) is 7.96. The van der Waals surface area contributed by atoms with Crippen molar-refractivity contribution in [3.05, 3.63) is 35.2 Å². The Bertz CT molecular complexity index is 829. The standard InChI is InChI=1S/C20H26ClN5O3/c1-3-22-20(26-11-9-15(10-12-26)19(27)28-4-2)23-13-17-24-18(25-29-17)14-5-7-16(21)8-6-14/h5-8,15H,3-4,9-13H2,1-2H3,(H,22,23). The fraction of sp³-hybridized carbons (Fsp3) is 0.500. The third kappa shape index (κ3) is 5.69. The third-order valence-corrected chi connectivity index (χ3v) is 4.94. The average molecular weight is 420 g/mol. The molecule has 1 aromatic heterocycles. The average Bonchev–Trinajstić information content (AvgIpc) is 3.21. The Hall–Kier alpha value is -2.61. The molecule has 0 aliphatic carbocycles. The van der Waals surface area contributed by atoms with E-state index in [9.17, 15) is 4.79 Å². The molecule has 1 aromatic carbocycles. The van der Waals surface area contributed by atoms with E-state index in [0.29, 0.717) is 23.3 Å². The Balaban J connectivity index is 1.61. The maximum absolute atomic E-state index is 11.9. The number of ether oxygens (including phenoxy) is 1. The summed E-state index contributed by atoms with van der Waals surface area (Å²) >= 11 is 5.92. The second kappa shape index (κ2) is 10.2. The second-order valence-corrected chi connectivity index (χ2v) is 7.14. The highest BCUT2D eigenvalue weighted by atomic mass is 35.5. The molecular formula is C20H26ClN5O3. The molecule has 3 rings (SSSR count). The molecule has 0 bridgehead atoms. The summed E-state index contributed by atoms with van der Waals surface area (Å²) in [6, 6.07) is 7.26. The van der Waals surface area contributed by atoms with Crippen molar-refractivity contribution in [1.29, 1.82) is 0 Å². The van der Waals surface area contributed by atoms with Crippen molar-refractivity contribution in [1.82, 2.24) is 20.4 Å². The Morgan fingerprint density at radius 1 is 1.31 bits per heavy atom. The minimum atomic E-state index is -0.102. The Morgan fingerprint density at radius 2 is 2.03 bits per heavy atom. The minimum Gasteiger partial charge on any atom is -0.466 e. The molecular weight excluding hydrogens is 394 g/mol. The Labute approximate surface area is 175 Å². The maximum atomic E-state index is 11.9. The van der Waals surface area contributed by atoms with Gasteiger partial charge in [-0.1, -0.05) is 16.8 Å². The van der Waals surface area contributed by atoms with Gasteiger partial charge >= 0.3 is 5.97 Å². The van der Waals surface area contributed by atoms with Crippen LogP contribution in [0, 0.1) is 5.92 Å². The predicted molar refractivity (Wildman–Crippen MR) is 110 cm³/mol. The molecule has 8 nitrogen and oxygen atoms in total. The highest BCUT2D eigenvalue weighted by molar-refractivity contribution is 6.30. The molecule has 0 spiro atoms. The van der Waals surface area contributed by atoms with Crippen molar-refractivity contribution in [3.8, 4) is 11.4 Å². The van der Waals surface area contributed by atoms with Crippen molar-refractivity contribution in [3.63, 3.8) is 0 Å². The molecule has 2 aromatic rings. The van der Waals surface area contributed by atoms with Gasteiger partial charge in [0.25, 0.3) is 0 Å². The second-order valence-electron chi connectivity index (χ2n) is 6.70. The highest BCUT2D eigenvalue weighted by Crippen LogP contribution is 2.20. The van der Waals surface area contributed by atoms with E-state index in [1.165, 1.54) is 0 Å². The molecule has 0 saturated carbocycles. The number of carbonyl (C=O) groups excluding carboxylic acids is 1. The van der Waals surface area contributed by atoms with Crippen LogP contribution in [0.2, 0.25) is 5.02 Å². The predicted octanol–water partition coefficient (Wildman–Crippen LogP) is 3.13. The summed E-state index contributed by atoms with van der Waals surface area (Å²) in [6.45, 7) is 6.79. The number of guanidine groups is 1. The fourth-order valence-electron chi connectivity index (χ4n) is 3.19. The highest BCUT2D eigenvalue weighted by Gasteiger charge is 2.27. The van der Waals surface area contributed by atoms with Crippen LogP contribution in [-0.4, -0.2) is 53.2 Å². The quantitative estimate of drug-likeness (QED) is 0.436. The normalized spacial score (nSPS) is 15.4. The molecule has 0 radical (unpaired) electrons. The number of likely N-dealkylation sites (tertiary alicyclic amines) is 1. The molecule has 156 valence electrons. The molecule has 1 aliphatic rings. The molecule has 29 heavy (non-hydrogen) atoms. The molecule has 1 aliphatic heterocycles. The van der Waals surface area contributed by atoms with E-state index in [2.05, 4.69) is 25.3 Å². The lowest BCUT2D eigenvalue weighted by Crippen LogP contribution is -2.46. The van der Waals surface area contributed by atoms with Crippen LogP contribution in [0.15, 0.2) is 33.8 Å². The third-order valence-electron chi connectivity index (χ3n) is 4.68. The van der Waals surface area contributed by atoms with Gasteiger partial charge in [-0.15, -0.1) is 0 Å². The number of halogens is 1. The number of nitrogens with zero attached hydrogens (tertiary/aromatic N) is 4. The smallest absolute Gasteiger partial charge is 0.309 e. The van der Waals surface area contributed by atoms with Crippen LogP contribution in [0.1, 0.15) is 32.6 Å². The van der Waals surface area contributed by atoms with Crippen molar-refractivity contribution in [2.45, 2.75) is 33.2 Å². The van der Waals surface area contributed by atoms with Crippen LogP contribution in [0.25, 0.3) is 11.4 Å². The van der Waals surface area contributed by atoms with Gasteiger partial charge < -0.3 is 19.5 Å². The van der Waals surface area contributed by atoms with Gasteiger partial charge in [0.1, 0.15) is 6.54 Å². The maximum Gasteiger partial charge on any atom is 0.309 e. The number of carbonyl (C=O) groups is 1. The number of hydrogen-bond donors (Lipinski definition) is 1. The van der Waals surface area contributed by atoms with Gasteiger partial charge in [-0.05, 0) is 51.0 Å². The van der Waals surface area contributed by atoms with Crippen LogP contribution >= 0.6 is 11.6 Å². The number of rotatable bonds is 6. The zero-order valence-corrected chi connectivity index (χ0v) is 17.5. The first-order valence-electron chi connectivity index (χ1n) is 9.89. The molecule has 9 heteroatoms. The largest absolute Gasteiger partial charge is 0.466 e. The van der Waals surface area contributed by atoms with Gasteiger partial charge in [0.15, 0.2) is 5.96 Å². The number of hydrogen-bond acceptors (Lipinski definition) is 6. The summed E-state index contributed by atoms with van der Waals surface area (Å²) in [4.78, 5) is 23.1. The van der Waals surface area contributed by atoms with Gasteiger partial charge in [0.2, 0.25) is 11.7 Å². The zero-order valence-electron chi connectivity index (χ0n) is 16.7. The molecule has 2 heterocycles. The molecule has 0 unspecified atom stereocenters. The van der Waals surface area contributed by atoms with E-state index in [4.69, 9.17) is 20.9 Å². The lowest BCUT2D eigenvalue weighted by molar-refractivity contribution is -0.149. The molecule has 0 amide bonds. The van der Waals surface area contributed by atoms with Gasteiger partial charge in [-0.3, -0.25) is 4.79 Å². The summed E-state index contributed by atoms with van der Waals surface area (Å²) in [5.74, 6) is 1.58. The first kappa shape index (κ1) is 21.1. The summed E-state index contributed by atoms with van der Waals surface area (Å²) in [6.07, 6.45) is 1.51. The van der Waals surface area contributed by atoms with Crippen molar-refractivity contribution in [2.24, 2.45) is 10.9 Å². The number of nitrogens with one attached hydrogen (secondary N) is 1. The fourth-order valence-corrected chi connectivity index (χ4v) is 3.32. The van der Waals surface area contributed by atoms with Gasteiger partial charge in [0, 0.05) is 30.2 Å². The first-order valence-corrected chi connectivity index (χ1v) is 10.3. The molecule has 1 N–H and O–H groups in total. The SMILES string of the molecule is CCNC(=NCc1nc(-c2ccc(Cl)cc2)no1)N1CCC(C(=O)OCC)CC1. The number of aromatic nitrogens is 2. The van der Waals surface area contributed by atoms with E-state index in [1.807, 2.05) is 26.0 Å².